The summed E-state index contributed by atoms with van der Waals surface area (Å²) < 4.78 is 0. The van der Waals surface area contributed by atoms with E-state index in [-0.39, 0.29) is 0 Å². The van der Waals surface area contributed by atoms with Gasteiger partial charge in [-0.2, -0.15) is 0 Å². The molecule has 0 heterocycles. The molecule has 0 nitrogen and oxygen atoms in total. The number of rotatable bonds is 2. The lowest BCUT2D eigenvalue weighted by atomic mass is 9.86. The first kappa shape index (κ1) is 12.3. The second-order valence-corrected chi connectivity index (χ2v) is 5.93. The molecule has 0 amide bonds. The van der Waals surface area contributed by atoms with Gasteiger partial charge in [-0.1, -0.05) is 38.5 Å². The molecule has 0 unspecified atom stereocenters. The lowest BCUT2D eigenvalue weighted by molar-refractivity contribution is 0.378. The smallest absolute Gasteiger partial charge is 0.0271 e. The molecule has 0 spiro atoms. The van der Waals surface area contributed by atoms with Crippen molar-refractivity contribution >= 4 is 0 Å². The van der Waals surface area contributed by atoms with Crippen molar-refractivity contribution in [2.45, 2.75) is 54.4 Å². The Labute approximate surface area is 94.7 Å². The monoisotopic (exact) mass is 204 g/mol. The Hall–Kier alpha value is -0.780. The van der Waals surface area contributed by atoms with Crippen LogP contribution in [0.25, 0.3) is 0 Å². The van der Waals surface area contributed by atoms with E-state index >= 15 is 0 Å². The summed E-state index contributed by atoms with van der Waals surface area (Å²) in [6.07, 6.45) is 2.47. The van der Waals surface area contributed by atoms with Crippen molar-refractivity contribution in [2.75, 3.05) is 0 Å². The summed E-state index contributed by atoms with van der Waals surface area (Å²) in [5.41, 5.74) is 6.26. The maximum atomic E-state index is 2.34. The van der Waals surface area contributed by atoms with Gasteiger partial charge in [0.2, 0.25) is 0 Å². The van der Waals surface area contributed by atoms with Gasteiger partial charge in [-0.25, -0.2) is 0 Å². The van der Waals surface area contributed by atoms with Gasteiger partial charge < -0.3 is 0 Å². The van der Waals surface area contributed by atoms with Gasteiger partial charge in [-0.05, 0) is 55.7 Å². The number of aryl methyl sites for hydroxylation is 3. The normalized spacial score (nSPS) is 11.9. The Morgan fingerprint density at radius 2 is 1.60 bits per heavy atom. The van der Waals surface area contributed by atoms with Gasteiger partial charge in [0.15, 0.2) is 0 Å². The highest BCUT2D eigenvalue weighted by Gasteiger charge is 2.11. The van der Waals surface area contributed by atoms with Crippen molar-refractivity contribution in [1.29, 1.82) is 0 Å². The van der Waals surface area contributed by atoms with Crippen LogP contribution in [0.1, 0.15) is 49.4 Å². The molecule has 0 radical (unpaired) electrons. The summed E-state index contributed by atoms with van der Waals surface area (Å²) in [5.74, 6) is 0. The highest BCUT2D eigenvalue weighted by molar-refractivity contribution is 5.37. The number of hydrogen-bond acceptors (Lipinski definition) is 0. The largest absolute Gasteiger partial charge is 0.0602 e. The molecule has 1 aromatic carbocycles. The van der Waals surface area contributed by atoms with Gasteiger partial charge in [0.25, 0.3) is 0 Å². The Morgan fingerprint density at radius 1 is 1.00 bits per heavy atom. The first-order valence-corrected chi connectivity index (χ1v) is 5.86. The molecule has 0 bridgehead atoms. The van der Waals surface area contributed by atoms with E-state index in [1.807, 2.05) is 0 Å². The Morgan fingerprint density at radius 3 is 2.13 bits per heavy atom. The topological polar surface area (TPSA) is 0 Å². The van der Waals surface area contributed by atoms with Gasteiger partial charge in [0.1, 0.15) is 0 Å². The van der Waals surface area contributed by atoms with Crippen molar-refractivity contribution < 1.29 is 0 Å². The SMILES string of the molecule is Cc1cc(C)c(C)c(CCC(C)(C)C)c1. The van der Waals surface area contributed by atoms with Crippen LogP contribution in [0.3, 0.4) is 0 Å². The predicted molar refractivity (Wildman–Crippen MR) is 68.4 cm³/mol. The lowest BCUT2D eigenvalue weighted by Gasteiger charge is -2.19. The summed E-state index contributed by atoms with van der Waals surface area (Å²) >= 11 is 0. The number of benzene rings is 1. The molecule has 1 aromatic rings. The van der Waals surface area contributed by atoms with Crippen molar-refractivity contribution in [3.8, 4) is 0 Å². The highest BCUT2D eigenvalue weighted by Crippen LogP contribution is 2.24. The molecule has 0 saturated carbocycles. The van der Waals surface area contributed by atoms with Gasteiger partial charge in [-0.15, -0.1) is 0 Å². The molecular formula is C15H24. The zero-order valence-electron chi connectivity index (χ0n) is 11.1. The molecular weight excluding hydrogens is 180 g/mol. The lowest BCUT2D eigenvalue weighted by Crippen LogP contribution is -2.07. The molecule has 15 heavy (non-hydrogen) atoms. The quantitative estimate of drug-likeness (QED) is 0.661. The molecule has 0 aliphatic heterocycles. The molecule has 1 rings (SSSR count). The standard InChI is InChI=1S/C15H24/c1-11-9-12(2)13(3)14(10-11)7-8-15(4,5)6/h9-10H,7-8H2,1-6H3. The summed E-state index contributed by atoms with van der Waals surface area (Å²) in [4.78, 5) is 0. The molecule has 0 atom stereocenters. The van der Waals surface area contributed by atoms with E-state index in [2.05, 4.69) is 53.7 Å². The molecule has 0 N–H and O–H groups in total. The minimum Gasteiger partial charge on any atom is -0.0602 e. The van der Waals surface area contributed by atoms with E-state index in [4.69, 9.17) is 0 Å². The maximum Gasteiger partial charge on any atom is -0.0271 e. The van der Waals surface area contributed by atoms with Crippen LogP contribution in [-0.4, -0.2) is 0 Å². The van der Waals surface area contributed by atoms with Crippen LogP contribution in [-0.2, 0) is 6.42 Å². The summed E-state index contributed by atoms with van der Waals surface area (Å²) in [5, 5.41) is 0. The minimum atomic E-state index is 0.435. The second kappa shape index (κ2) is 4.38. The van der Waals surface area contributed by atoms with Crippen LogP contribution in [0.5, 0.6) is 0 Å². The zero-order chi connectivity index (χ0) is 11.6. The fourth-order valence-electron chi connectivity index (χ4n) is 1.90. The average Bonchev–Trinajstić information content (AvgIpc) is 2.07. The van der Waals surface area contributed by atoms with Gasteiger partial charge in [0.05, 0.1) is 0 Å². The minimum absolute atomic E-state index is 0.435. The van der Waals surface area contributed by atoms with E-state index in [9.17, 15) is 0 Å². The van der Waals surface area contributed by atoms with Crippen LogP contribution in [0.15, 0.2) is 12.1 Å². The van der Waals surface area contributed by atoms with Crippen molar-refractivity contribution in [1.82, 2.24) is 0 Å². The molecule has 0 aromatic heterocycles. The average molecular weight is 204 g/mol. The third-order valence-electron chi connectivity index (χ3n) is 3.06. The van der Waals surface area contributed by atoms with Crippen LogP contribution in [0.4, 0.5) is 0 Å². The van der Waals surface area contributed by atoms with E-state index in [1.165, 1.54) is 35.1 Å². The molecule has 0 saturated heterocycles. The summed E-state index contributed by atoms with van der Waals surface area (Å²) in [7, 11) is 0. The fraction of sp³-hybridized carbons (Fsp3) is 0.600. The number of hydrogen-bond donors (Lipinski definition) is 0. The van der Waals surface area contributed by atoms with E-state index in [0.717, 1.165) is 0 Å². The summed E-state index contributed by atoms with van der Waals surface area (Å²) in [6, 6.07) is 4.62. The van der Waals surface area contributed by atoms with Crippen molar-refractivity contribution in [2.24, 2.45) is 5.41 Å². The van der Waals surface area contributed by atoms with Crippen LogP contribution in [0.2, 0.25) is 0 Å². The molecule has 0 fully saturated rings. The van der Waals surface area contributed by atoms with Gasteiger partial charge in [-0.3, -0.25) is 0 Å². The zero-order valence-corrected chi connectivity index (χ0v) is 11.1. The first-order chi connectivity index (χ1) is 6.79. The third kappa shape index (κ3) is 3.70. The molecule has 0 aliphatic carbocycles. The van der Waals surface area contributed by atoms with Crippen molar-refractivity contribution in [3.05, 3.63) is 34.4 Å². The molecule has 0 aliphatic rings. The van der Waals surface area contributed by atoms with E-state index < -0.39 is 0 Å². The van der Waals surface area contributed by atoms with Crippen LogP contribution < -0.4 is 0 Å². The first-order valence-electron chi connectivity index (χ1n) is 5.86. The van der Waals surface area contributed by atoms with E-state index in [1.54, 1.807) is 0 Å². The summed E-state index contributed by atoms with van der Waals surface area (Å²) in [6.45, 7) is 13.6. The maximum absolute atomic E-state index is 2.34. The van der Waals surface area contributed by atoms with Crippen LogP contribution >= 0.6 is 0 Å². The Balaban J connectivity index is 2.86. The molecule has 84 valence electrons. The molecule has 0 heteroatoms. The van der Waals surface area contributed by atoms with E-state index in [0.29, 0.717) is 5.41 Å². The Bertz CT molecular complexity index is 340. The van der Waals surface area contributed by atoms with Crippen molar-refractivity contribution in [3.63, 3.8) is 0 Å². The van der Waals surface area contributed by atoms with Crippen LogP contribution in [0, 0.1) is 26.2 Å². The fourth-order valence-corrected chi connectivity index (χ4v) is 1.90. The Kier molecular flexibility index (Phi) is 3.59. The second-order valence-electron chi connectivity index (χ2n) is 5.93. The van der Waals surface area contributed by atoms with Gasteiger partial charge >= 0.3 is 0 Å². The third-order valence-corrected chi connectivity index (χ3v) is 3.06. The predicted octanol–water partition coefficient (Wildman–Crippen LogP) is 4.59. The van der Waals surface area contributed by atoms with Gasteiger partial charge in [0, 0.05) is 0 Å². The highest BCUT2D eigenvalue weighted by atomic mass is 14.2.